The number of carbonyl (C=O) groups is 2. The number of rotatable bonds is 5. The molecule has 2 aromatic carbocycles. The van der Waals surface area contributed by atoms with Crippen LogP contribution in [0.5, 0.6) is 0 Å². The summed E-state index contributed by atoms with van der Waals surface area (Å²) in [6.45, 7) is 0.270. The molecular weight excluding hydrogens is 435 g/mol. The van der Waals surface area contributed by atoms with Gasteiger partial charge in [-0.15, -0.1) is 0 Å². The van der Waals surface area contributed by atoms with Crippen LogP contribution in [0.3, 0.4) is 0 Å². The largest absolute Gasteiger partial charge is 0.478 e. The fraction of sp³-hybridized carbons (Fsp3) is 0.0435. The first-order chi connectivity index (χ1) is 14.9. The topological polar surface area (TPSA) is 70.5 Å². The van der Waals surface area contributed by atoms with E-state index in [1.54, 1.807) is 36.4 Å². The number of thiocarbonyl (C=S) groups is 1. The molecule has 1 saturated heterocycles. The number of pyridine rings is 1. The maximum atomic E-state index is 13.1. The van der Waals surface area contributed by atoms with E-state index in [1.165, 1.54) is 40.9 Å². The van der Waals surface area contributed by atoms with Gasteiger partial charge < -0.3 is 5.11 Å². The number of thioether (sulfide) groups is 1. The predicted molar refractivity (Wildman–Crippen MR) is 122 cm³/mol. The fourth-order valence-corrected chi connectivity index (χ4v) is 4.26. The Morgan fingerprint density at radius 2 is 1.81 bits per heavy atom. The summed E-state index contributed by atoms with van der Waals surface area (Å²) in [5.74, 6) is -1.55. The van der Waals surface area contributed by atoms with Crippen LogP contribution in [0, 0.1) is 5.82 Å². The van der Waals surface area contributed by atoms with Crippen LogP contribution in [0.1, 0.15) is 21.6 Å². The first-order valence-electron chi connectivity index (χ1n) is 9.21. The zero-order chi connectivity index (χ0) is 22.0. The highest BCUT2D eigenvalue weighted by atomic mass is 32.2. The molecule has 0 atom stereocenters. The SMILES string of the molecule is O=C(O)c1ccc(-c2cccc(/C=C3\SC(=S)N(Cc4ccc(F)cc4)C3=O)n2)cc1. The fourth-order valence-electron chi connectivity index (χ4n) is 3.02. The molecule has 0 radical (unpaired) electrons. The molecule has 1 amide bonds. The lowest BCUT2D eigenvalue weighted by Gasteiger charge is -2.14. The van der Waals surface area contributed by atoms with Gasteiger partial charge in [-0.2, -0.15) is 0 Å². The van der Waals surface area contributed by atoms with Crippen LogP contribution in [0.4, 0.5) is 4.39 Å². The number of benzene rings is 2. The highest BCUT2D eigenvalue weighted by Crippen LogP contribution is 2.33. The molecule has 1 fully saturated rings. The van der Waals surface area contributed by atoms with Crippen LogP contribution in [0.2, 0.25) is 0 Å². The molecule has 1 aromatic heterocycles. The third-order valence-electron chi connectivity index (χ3n) is 4.60. The summed E-state index contributed by atoms with van der Waals surface area (Å²) < 4.78 is 13.5. The zero-order valence-corrected chi connectivity index (χ0v) is 17.6. The number of carbonyl (C=O) groups excluding carboxylic acids is 1. The molecule has 1 aliphatic rings. The third kappa shape index (κ3) is 4.70. The summed E-state index contributed by atoms with van der Waals surface area (Å²) in [5.41, 5.74) is 2.99. The van der Waals surface area contributed by atoms with Gasteiger partial charge in [0.25, 0.3) is 5.91 Å². The Morgan fingerprint density at radius 3 is 2.48 bits per heavy atom. The maximum absolute atomic E-state index is 13.1. The van der Waals surface area contributed by atoms with E-state index >= 15 is 0 Å². The molecule has 8 heteroatoms. The Kier molecular flexibility index (Phi) is 5.92. The van der Waals surface area contributed by atoms with Crippen molar-refractivity contribution >= 4 is 46.3 Å². The van der Waals surface area contributed by atoms with Crippen molar-refractivity contribution in [1.29, 1.82) is 0 Å². The van der Waals surface area contributed by atoms with Gasteiger partial charge in [-0.25, -0.2) is 14.2 Å². The van der Waals surface area contributed by atoms with Gasteiger partial charge in [0.05, 0.1) is 28.4 Å². The second-order valence-corrected chi connectivity index (χ2v) is 8.40. The molecule has 1 N–H and O–H groups in total. The monoisotopic (exact) mass is 450 g/mol. The second-order valence-electron chi connectivity index (χ2n) is 6.72. The molecule has 2 heterocycles. The van der Waals surface area contributed by atoms with E-state index in [0.717, 1.165) is 11.1 Å². The van der Waals surface area contributed by atoms with Gasteiger partial charge in [0.2, 0.25) is 0 Å². The number of nitrogens with zero attached hydrogens (tertiary/aromatic N) is 2. The molecule has 5 nitrogen and oxygen atoms in total. The number of amides is 1. The summed E-state index contributed by atoms with van der Waals surface area (Å²) in [4.78, 5) is 30.4. The Labute approximate surface area is 187 Å². The first kappa shape index (κ1) is 20.9. The van der Waals surface area contributed by atoms with Crippen molar-refractivity contribution in [3.63, 3.8) is 0 Å². The lowest BCUT2D eigenvalue weighted by molar-refractivity contribution is -0.122. The number of aromatic carboxylic acids is 1. The number of aromatic nitrogens is 1. The van der Waals surface area contributed by atoms with E-state index in [2.05, 4.69) is 4.98 Å². The molecule has 0 unspecified atom stereocenters. The van der Waals surface area contributed by atoms with E-state index in [4.69, 9.17) is 17.3 Å². The van der Waals surface area contributed by atoms with Gasteiger partial charge in [0.1, 0.15) is 10.1 Å². The lowest BCUT2D eigenvalue weighted by atomic mass is 10.1. The van der Waals surface area contributed by atoms with Crippen molar-refractivity contribution in [1.82, 2.24) is 9.88 Å². The highest BCUT2D eigenvalue weighted by Gasteiger charge is 2.32. The summed E-state index contributed by atoms with van der Waals surface area (Å²) in [5, 5.41) is 9.03. The molecule has 154 valence electrons. The summed E-state index contributed by atoms with van der Waals surface area (Å²) >= 11 is 6.55. The van der Waals surface area contributed by atoms with Gasteiger partial charge in [-0.05, 0) is 48.0 Å². The Bertz CT molecular complexity index is 1210. The van der Waals surface area contributed by atoms with Crippen LogP contribution in [-0.4, -0.2) is 31.2 Å². The normalized spacial score (nSPS) is 15.0. The molecule has 3 aromatic rings. The standard InChI is InChI=1S/C23H15FN2O3S2/c24-17-10-4-14(5-11-17)13-26-21(27)20(31-23(26)30)12-18-2-1-3-19(25-18)15-6-8-16(9-7-15)22(28)29/h1-12H,13H2,(H,28,29)/b20-12-. The van der Waals surface area contributed by atoms with Crippen LogP contribution in [0.25, 0.3) is 17.3 Å². The van der Waals surface area contributed by atoms with Gasteiger partial charge in [-0.1, -0.05) is 54.3 Å². The van der Waals surface area contributed by atoms with Crippen LogP contribution in [0.15, 0.2) is 71.6 Å². The van der Waals surface area contributed by atoms with E-state index in [1.807, 2.05) is 12.1 Å². The van der Waals surface area contributed by atoms with Crippen molar-refractivity contribution in [2.24, 2.45) is 0 Å². The van der Waals surface area contributed by atoms with E-state index < -0.39 is 5.97 Å². The average molecular weight is 451 g/mol. The maximum Gasteiger partial charge on any atom is 0.335 e. The first-order valence-corrected chi connectivity index (χ1v) is 10.4. The lowest BCUT2D eigenvalue weighted by Crippen LogP contribution is -2.27. The number of carboxylic acids is 1. The van der Waals surface area contributed by atoms with Crippen molar-refractivity contribution < 1.29 is 19.1 Å². The number of carboxylic acid groups (broad SMARTS) is 1. The second kappa shape index (κ2) is 8.79. The zero-order valence-electron chi connectivity index (χ0n) is 16.0. The average Bonchev–Trinajstić information content (AvgIpc) is 3.03. The van der Waals surface area contributed by atoms with Gasteiger partial charge in [0, 0.05) is 5.56 Å². The molecule has 0 spiro atoms. The molecule has 1 aliphatic heterocycles. The van der Waals surface area contributed by atoms with Crippen LogP contribution < -0.4 is 0 Å². The molecular formula is C23H15FN2O3S2. The summed E-state index contributed by atoms with van der Waals surface area (Å²) in [6.07, 6.45) is 1.68. The smallest absolute Gasteiger partial charge is 0.335 e. The molecule has 0 aliphatic carbocycles. The Morgan fingerprint density at radius 1 is 1.10 bits per heavy atom. The molecule has 0 bridgehead atoms. The minimum Gasteiger partial charge on any atom is -0.478 e. The molecule has 31 heavy (non-hydrogen) atoms. The number of hydrogen-bond donors (Lipinski definition) is 1. The van der Waals surface area contributed by atoms with E-state index in [9.17, 15) is 14.0 Å². The predicted octanol–water partition coefficient (Wildman–Crippen LogP) is 4.99. The van der Waals surface area contributed by atoms with Gasteiger partial charge in [-0.3, -0.25) is 9.69 Å². The minimum absolute atomic E-state index is 0.199. The van der Waals surface area contributed by atoms with E-state index in [0.29, 0.717) is 20.6 Å². The molecule has 4 rings (SSSR count). The van der Waals surface area contributed by atoms with Gasteiger partial charge >= 0.3 is 5.97 Å². The van der Waals surface area contributed by atoms with Crippen molar-refractivity contribution in [3.8, 4) is 11.3 Å². The third-order valence-corrected chi connectivity index (χ3v) is 5.98. The van der Waals surface area contributed by atoms with Crippen molar-refractivity contribution in [2.75, 3.05) is 0 Å². The highest BCUT2D eigenvalue weighted by molar-refractivity contribution is 8.26. The van der Waals surface area contributed by atoms with Crippen LogP contribution in [-0.2, 0) is 11.3 Å². The number of halogens is 1. The number of hydrogen-bond acceptors (Lipinski definition) is 5. The quantitative estimate of drug-likeness (QED) is 0.436. The summed E-state index contributed by atoms with van der Waals surface area (Å²) in [6, 6.07) is 17.8. The van der Waals surface area contributed by atoms with Crippen molar-refractivity contribution in [2.45, 2.75) is 6.54 Å². The van der Waals surface area contributed by atoms with E-state index in [-0.39, 0.29) is 23.8 Å². The summed E-state index contributed by atoms with van der Waals surface area (Å²) in [7, 11) is 0. The van der Waals surface area contributed by atoms with Gasteiger partial charge in [0.15, 0.2) is 0 Å². The van der Waals surface area contributed by atoms with Crippen molar-refractivity contribution in [3.05, 3.63) is 94.3 Å². The molecule has 0 saturated carbocycles. The Hall–Kier alpha value is -3.36. The minimum atomic E-state index is -0.990. The Balaban J connectivity index is 1.55. The van der Waals surface area contributed by atoms with Crippen LogP contribution >= 0.6 is 24.0 Å².